The number of benzene rings is 1. The summed E-state index contributed by atoms with van der Waals surface area (Å²) in [5.41, 5.74) is 1.37. The maximum absolute atomic E-state index is 6.11. The topological polar surface area (TPSA) is 64.7 Å². The lowest BCUT2D eigenvalue weighted by Gasteiger charge is -2.04. The minimum Gasteiger partial charge on any atom is -0.410 e. The third-order valence-electron chi connectivity index (χ3n) is 2.59. The molecule has 0 aliphatic heterocycles. The molecular formula is C13H8Cl2N4OS. The molecule has 0 spiro atoms. The molecule has 0 unspecified atom stereocenters. The van der Waals surface area contributed by atoms with Crippen LogP contribution in [0.2, 0.25) is 10.0 Å². The first-order chi connectivity index (χ1) is 10.2. The standard InChI is InChI=1S/C13H8Cl2N4OS/c14-9-2-1-3-10(15)8(9)7-21-13-19-18-12(20-13)11-6-16-4-5-17-11/h1-6H,7H2. The fourth-order valence-electron chi connectivity index (χ4n) is 1.59. The van der Waals surface area contributed by atoms with Crippen LogP contribution < -0.4 is 0 Å². The van der Waals surface area contributed by atoms with Crippen molar-refractivity contribution in [3.63, 3.8) is 0 Å². The molecule has 0 saturated heterocycles. The molecule has 106 valence electrons. The summed E-state index contributed by atoms with van der Waals surface area (Å²) in [6.45, 7) is 0. The number of halogens is 2. The van der Waals surface area contributed by atoms with E-state index in [4.69, 9.17) is 27.6 Å². The minimum atomic E-state index is 0.329. The summed E-state index contributed by atoms with van der Waals surface area (Å²) in [5, 5.41) is 9.55. The fourth-order valence-corrected chi connectivity index (χ4v) is 3.09. The first kappa shape index (κ1) is 14.3. The van der Waals surface area contributed by atoms with Crippen LogP contribution in [0, 0.1) is 0 Å². The highest BCUT2D eigenvalue weighted by Gasteiger charge is 2.12. The van der Waals surface area contributed by atoms with Gasteiger partial charge < -0.3 is 4.42 Å². The van der Waals surface area contributed by atoms with Crippen LogP contribution in [0.3, 0.4) is 0 Å². The summed E-state index contributed by atoms with van der Waals surface area (Å²) >= 11 is 13.6. The second-order valence-electron chi connectivity index (χ2n) is 3.95. The Morgan fingerprint density at radius 2 is 1.90 bits per heavy atom. The van der Waals surface area contributed by atoms with E-state index in [0.29, 0.717) is 32.6 Å². The zero-order valence-corrected chi connectivity index (χ0v) is 12.9. The molecule has 8 heteroatoms. The fraction of sp³-hybridized carbons (Fsp3) is 0.0769. The molecule has 2 aromatic heterocycles. The van der Waals surface area contributed by atoms with E-state index in [1.807, 2.05) is 0 Å². The van der Waals surface area contributed by atoms with Crippen LogP contribution in [0.15, 0.2) is 46.4 Å². The molecule has 0 bridgehead atoms. The Balaban J connectivity index is 1.74. The van der Waals surface area contributed by atoms with Crippen LogP contribution in [-0.4, -0.2) is 20.2 Å². The normalized spacial score (nSPS) is 10.8. The maximum atomic E-state index is 6.11. The van der Waals surface area contributed by atoms with E-state index in [2.05, 4.69) is 20.2 Å². The molecule has 0 radical (unpaired) electrons. The molecule has 0 aliphatic rings. The lowest BCUT2D eigenvalue weighted by molar-refractivity contribution is 0.464. The maximum Gasteiger partial charge on any atom is 0.277 e. The zero-order chi connectivity index (χ0) is 14.7. The average Bonchev–Trinajstić information content (AvgIpc) is 2.97. The molecule has 5 nitrogen and oxygen atoms in total. The molecule has 0 saturated carbocycles. The van der Waals surface area contributed by atoms with Crippen LogP contribution in [-0.2, 0) is 5.75 Å². The van der Waals surface area contributed by atoms with Crippen molar-refractivity contribution in [2.24, 2.45) is 0 Å². The van der Waals surface area contributed by atoms with Gasteiger partial charge in [0.25, 0.3) is 11.1 Å². The molecule has 0 amide bonds. The first-order valence-electron chi connectivity index (χ1n) is 5.89. The van der Waals surface area contributed by atoms with Gasteiger partial charge >= 0.3 is 0 Å². The molecule has 2 heterocycles. The van der Waals surface area contributed by atoms with Gasteiger partial charge in [-0.15, -0.1) is 10.2 Å². The Bertz CT molecular complexity index is 731. The van der Waals surface area contributed by atoms with Crippen molar-refractivity contribution >= 4 is 35.0 Å². The summed E-state index contributed by atoms with van der Waals surface area (Å²) in [5.74, 6) is 0.872. The highest BCUT2D eigenvalue weighted by molar-refractivity contribution is 7.98. The molecule has 0 fully saturated rings. The van der Waals surface area contributed by atoms with Gasteiger partial charge in [-0.1, -0.05) is 41.0 Å². The Morgan fingerprint density at radius 3 is 2.62 bits per heavy atom. The summed E-state index contributed by atoms with van der Waals surface area (Å²) in [4.78, 5) is 8.05. The summed E-state index contributed by atoms with van der Waals surface area (Å²) in [6, 6.07) is 5.39. The molecule has 21 heavy (non-hydrogen) atoms. The Hall–Kier alpha value is -1.63. The highest BCUT2D eigenvalue weighted by Crippen LogP contribution is 2.31. The molecule has 0 N–H and O–H groups in total. The number of thioether (sulfide) groups is 1. The quantitative estimate of drug-likeness (QED) is 0.666. The predicted molar refractivity (Wildman–Crippen MR) is 81.3 cm³/mol. The van der Waals surface area contributed by atoms with Crippen molar-refractivity contribution < 1.29 is 4.42 Å². The smallest absolute Gasteiger partial charge is 0.277 e. The molecule has 0 atom stereocenters. The van der Waals surface area contributed by atoms with Crippen molar-refractivity contribution in [3.8, 4) is 11.6 Å². The van der Waals surface area contributed by atoms with Crippen molar-refractivity contribution in [1.82, 2.24) is 20.2 Å². The SMILES string of the molecule is Clc1cccc(Cl)c1CSc1nnc(-c2cnccn2)o1. The van der Waals surface area contributed by atoms with E-state index < -0.39 is 0 Å². The molecule has 1 aromatic carbocycles. The van der Waals surface area contributed by atoms with Gasteiger partial charge in [0.1, 0.15) is 5.69 Å². The van der Waals surface area contributed by atoms with Crippen molar-refractivity contribution in [1.29, 1.82) is 0 Å². The number of nitrogens with zero attached hydrogens (tertiary/aromatic N) is 4. The van der Waals surface area contributed by atoms with Crippen LogP contribution in [0.1, 0.15) is 5.56 Å². The Kier molecular flexibility index (Phi) is 4.38. The highest BCUT2D eigenvalue weighted by atomic mass is 35.5. The van der Waals surface area contributed by atoms with Crippen molar-refractivity contribution in [2.45, 2.75) is 11.0 Å². The van der Waals surface area contributed by atoms with Crippen molar-refractivity contribution in [3.05, 3.63) is 52.4 Å². The van der Waals surface area contributed by atoms with Crippen LogP contribution in [0.5, 0.6) is 0 Å². The van der Waals surface area contributed by atoms with Gasteiger partial charge in [-0.2, -0.15) is 0 Å². The second kappa shape index (κ2) is 6.43. The monoisotopic (exact) mass is 338 g/mol. The second-order valence-corrected chi connectivity index (χ2v) is 5.69. The van der Waals surface area contributed by atoms with Gasteiger partial charge in [-0.3, -0.25) is 4.98 Å². The molecule has 3 rings (SSSR count). The van der Waals surface area contributed by atoms with E-state index in [1.165, 1.54) is 11.8 Å². The van der Waals surface area contributed by atoms with E-state index in [-0.39, 0.29) is 0 Å². The zero-order valence-electron chi connectivity index (χ0n) is 10.5. The summed E-state index contributed by atoms with van der Waals surface area (Å²) in [7, 11) is 0. The van der Waals surface area contributed by atoms with Crippen molar-refractivity contribution in [2.75, 3.05) is 0 Å². The summed E-state index contributed by atoms with van der Waals surface area (Å²) in [6.07, 6.45) is 4.71. The number of hydrogen-bond donors (Lipinski definition) is 0. The summed E-state index contributed by atoms with van der Waals surface area (Å²) < 4.78 is 5.52. The Labute approximate surface area is 134 Å². The van der Waals surface area contributed by atoms with Gasteiger partial charge in [0.05, 0.1) is 6.20 Å². The third-order valence-corrected chi connectivity index (χ3v) is 4.14. The van der Waals surface area contributed by atoms with E-state index in [9.17, 15) is 0 Å². The lowest BCUT2D eigenvalue weighted by Crippen LogP contribution is -1.84. The average molecular weight is 339 g/mol. The number of aromatic nitrogens is 4. The lowest BCUT2D eigenvalue weighted by atomic mass is 10.2. The van der Waals surface area contributed by atoms with Gasteiger partial charge in [-0.25, -0.2) is 4.98 Å². The van der Waals surface area contributed by atoms with Gasteiger partial charge in [0.15, 0.2) is 0 Å². The van der Waals surface area contributed by atoms with Crippen LogP contribution >= 0.6 is 35.0 Å². The Morgan fingerprint density at radius 1 is 1.10 bits per heavy atom. The van der Waals surface area contributed by atoms with Crippen LogP contribution in [0.25, 0.3) is 11.6 Å². The molecule has 3 aromatic rings. The number of hydrogen-bond acceptors (Lipinski definition) is 6. The third kappa shape index (κ3) is 3.34. The minimum absolute atomic E-state index is 0.329. The number of rotatable bonds is 4. The van der Waals surface area contributed by atoms with Gasteiger partial charge in [0.2, 0.25) is 0 Å². The molecule has 0 aliphatic carbocycles. The van der Waals surface area contributed by atoms with Gasteiger partial charge in [-0.05, 0) is 17.7 Å². The van der Waals surface area contributed by atoms with Crippen LogP contribution in [0.4, 0.5) is 0 Å². The first-order valence-corrected chi connectivity index (χ1v) is 7.64. The van der Waals surface area contributed by atoms with Gasteiger partial charge in [0, 0.05) is 28.2 Å². The van der Waals surface area contributed by atoms with E-state index in [1.54, 1.807) is 36.8 Å². The van der Waals surface area contributed by atoms with E-state index >= 15 is 0 Å². The largest absolute Gasteiger partial charge is 0.410 e. The predicted octanol–water partition coefficient (Wildman–Crippen LogP) is 4.13. The van der Waals surface area contributed by atoms with E-state index in [0.717, 1.165) is 5.56 Å². The molecular weight excluding hydrogens is 331 g/mol.